The number of nitrogens with one attached hydrogen (secondary N) is 1. The molecule has 7 nitrogen and oxygen atoms in total. The minimum Gasteiger partial charge on any atom is -0.481 e. The fourth-order valence-electron chi connectivity index (χ4n) is 5.61. The maximum absolute atomic E-state index is 13.3. The van der Waals surface area contributed by atoms with Gasteiger partial charge in [-0.15, -0.1) is 0 Å². The zero-order valence-electron chi connectivity index (χ0n) is 23.2. The van der Waals surface area contributed by atoms with Gasteiger partial charge in [0.25, 0.3) is 0 Å². The topological polar surface area (TPSA) is 99.1 Å². The third kappa shape index (κ3) is 7.55. The Bertz CT molecular complexity index is 1170. The molecule has 2 amide bonds. The Hall–Kier alpha value is -3.48. The molecular formula is C32H41N3O4. The molecular weight excluding hydrogens is 490 g/mol. The third-order valence-electron chi connectivity index (χ3n) is 8.14. The number of hydrazone groups is 1. The Kier molecular flexibility index (Phi) is 9.54. The van der Waals surface area contributed by atoms with E-state index < -0.39 is 11.4 Å². The molecule has 7 heteroatoms. The second kappa shape index (κ2) is 13.0. The van der Waals surface area contributed by atoms with Crippen LogP contribution in [0.4, 0.5) is 0 Å². The van der Waals surface area contributed by atoms with E-state index in [1.165, 1.54) is 0 Å². The van der Waals surface area contributed by atoms with E-state index in [0.29, 0.717) is 38.3 Å². The highest BCUT2D eigenvalue weighted by molar-refractivity contribution is 6.04. The Labute approximate surface area is 231 Å². The lowest BCUT2D eigenvalue weighted by molar-refractivity contribution is -0.147. The van der Waals surface area contributed by atoms with Crippen molar-refractivity contribution in [2.75, 3.05) is 6.54 Å². The zero-order valence-corrected chi connectivity index (χ0v) is 23.2. The molecule has 0 aromatic heterocycles. The Morgan fingerprint density at radius 1 is 1.03 bits per heavy atom. The third-order valence-corrected chi connectivity index (χ3v) is 8.14. The standard InChI is InChI=1S/C32H41N3O4/c1-32(2,31(38)39)20-8-9-21-33-30(37)29(25-12-6-7-13-25)26-16-14-23(15-17-26)22-35-28(36)19-18-27(34-35)24-10-4-3-5-11-24/h3-5,10-11,14-17,25,29H,6-9,12-13,18-22H2,1-2H3,(H,33,37)(H,38,39). The Morgan fingerprint density at radius 3 is 2.38 bits per heavy atom. The maximum Gasteiger partial charge on any atom is 0.309 e. The van der Waals surface area contributed by atoms with Crippen LogP contribution in [-0.2, 0) is 20.9 Å². The number of carbonyl (C=O) groups is 3. The quantitative estimate of drug-likeness (QED) is 0.334. The monoisotopic (exact) mass is 531 g/mol. The predicted molar refractivity (Wildman–Crippen MR) is 152 cm³/mol. The molecule has 0 spiro atoms. The molecule has 2 N–H and O–H groups in total. The first-order chi connectivity index (χ1) is 18.7. The van der Waals surface area contributed by atoms with Crippen molar-refractivity contribution in [2.24, 2.45) is 16.4 Å². The van der Waals surface area contributed by atoms with Gasteiger partial charge in [0.1, 0.15) is 0 Å². The number of unbranched alkanes of at least 4 members (excludes halogenated alkanes) is 1. The molecule has 1 saturated carbocycles. The fourth-order valence-corrected chi connectivity index (χ4v) is 5.61. The smallest absolute Gasteiger partial charge is 0.309 e. The van der Waals surface area contributed by atoms with Crippen molar-refractivity contribution >= 4 is 23.5 Å². The van der Waals surface area contributed by atoms with Gasteiger partial charge in [-0.25, -0.2) is 5.01 Å². The Balaban J connectivity index is 1.38. The largest absolute Gasteiger partial charge is 0.481 e. The lowest BCUT2D eigenvalue weighted by Crippen LogP contribution is -2.34. The van der Waals surface area contributed by atoms with E-state index in [1.807, 2.05) is 54.6 Å². The number of hydrogen-bond donors (Lipinski definition) is 2. The highest BCUT2D eigenvalue weighted by Gasteiger charge is 2.32. The fraction of sp³-hybridized carbons (Fsp3) is 0.500. The molecule has 39 heavy (non-hydrogen) atoms. The molecule has 0 saturated heterocycles. The molecule has 2 aromatic carbocycles. The molecule has 1 atom stereocenters. The molecule has 2 aromatic rings. The molecule has 0 radical (unpaired) electrons. The van der Waals surface area contributed by atoms with Crippen molar-refractivity contribution in [1.29, 1.82) is 0 Å². The molecule has 1 fully saturated rings. The van der Waals surface area contributed by atoms with Crippen molar-refractivity contribution in [1.82, 2.24) is 10.3 Å². The summed E-state index contributed by atoms with van der Waals surface area (Å²) in [6.07, 6.45) is 7.59. The summed E-state index contributed by atoms with van der Waals surface area (Å²) in [6.45, 7) is 4.43. The first-order valence-electron chi connectivity index (χ1n) is 14.3. The van der Waals surface area contributed by atoms with Gasteiger partial charge in [-0.3, -0.25) is 14.4 Å². The molecule has 2 aliphatic rings. The van der Waals surface area contributed by atoms with Gasteiger partial charge < -0.3 is 10.4 Å². The van der Waals surface area contributed by atoms with Gasteiger partial charge >= 0.3 is 5.97 Å². The average molecular weight is 532 g/mol. The van der Waals surface area contributed by atoms with E-state index in [2.05, 4.69) is 10.4 Å². The van der Waals surface area contributed by atoms with Crippen molar-refractivity contribution < 1.29 is 19.5 Å². The van der Waals surface area contributed by atoms with Gasteiger partial charge in [0.15, 0.2) is 0 Å². The predicted octanol–water partition coefficient (Wildman–Crippen LogP) is 5.88. The van der Waals surface area contributed by atoms with Crippen molar-refractivity contribution in [3.05, 3.63) is 71.3 Å². The number of amides is 2. The van der Waals surface area contributed by atoms with Crippen LogP contribution in [0.1, 0.15) is 94.2 Å². The van der Waals surface area contributed by atoms with Crippen LogP contribution in [-0.4, -0.2) is 40.2 Å². The van der Waals surface area contributed by atoms with Gasteiger partial charge in [-0.2, -0.15) is 5.10 Å². The summed E-state index contributed by atoms with van der Waals surface area (Å²) in [5.41, 5.74) is 3.22. The SMILES string of the molecule is CC(C)(CCCCNC(=O)C(c1ccc(CN2N=C(c3ccccc3)CCC2=O)cc1)C1CCCC1)C(=O)O. The van der Waals surface area contributed by atoms with Crippen LogP contribution >= 0.6 is 0 Å². The molecule has 1 heterocycles. The van der Waals surface area contributed by atoms with Gasteiger partial charge in [-0.05, 0) is 62.1 Å². The minimum absolute atomic E-state index is 0.0220. The van der Waals surface area contributed by atoms with E-state index in [0.717, 1.165) is 60.9 Å². The normalized spacial score (nSPS) is 17.1. The van der Waals surface area contributed by atoms with E-state index in [-0.39, 0.29) is 17.7 Å². The summed E-state index contributed by atoms with van der Waals surface area (Å²) in [4.78, 5) is 37.2. The van der Waals surface area contributed by atoms with Gasteiger partial charge in [0, 0.05) is 19.4 Å². The summed E-state index contributed by atoms with van der Waals surface area (Å²) in [7, 11) is 0. The summed E-state index contributed by atoms with van der Waals surface area (Å²) < 4.78 is 0. The summed E-state index contributed by atoms with van der Waals surface area (Å²) in [6, 6.07) is 18.1. The van der Waals surface area contributed by atoms with Gasteiger partial charge in [-0.1, -0.05) is 73.9 Å². The van der Waals surface area contributed by atoms with Crippen LogP contribution in [0.5, 0.6) is 0 Å². The molecule has 1 unspecified atom stereocenters. The minimum atomic E-state index is -0.788. The van der Waals surface area contributed by atoms with Crippen LogP contribution in [0, 0.1) is 11.3 Å². The number of carbonyl (C=O) groups excluding carboxylic acids is 2. The number of carboxylic acids is 1. The van der Waals surface area contributed by atoms with Crippen LogP contribution in [0.15, 0.2) is 59.7 Å². The zero-order chi connectivity index (χ0) is 27.8. The molecule has 4 rings (SSSR count). The number of carboxylic acid groups (broad SMARTS) is 1. The average Bonchev–Trinajstić information content (AvgIpc) is 3.45. The molecule has 1 aliphatic carbocycles. The summed E-state index contributed by atoms with van der Waals surface area (Å²) in [5, 5.41) is 18.6. The lowest BCUT2D eigenvalue weighted by Gasteiger charge is -2.25. The number of hydrogen-bond acceptors (Lipinski definition) is 4. The van der Waals surface area contributed by atoms with Crippen molar-refractivity contribution in [3.63, 3.8) is 0 Å². The second-order valence-corrected chi connectivity index (χ2v) is 11.6. The van der Waals surface area contributed by atoms with E-state index in [9.17, 15) is 19.5 Å². The molecule has 1 aliphatic heterocycles. The molecule has 0 bridgehead atoms. The first kappa shape index (κ1) is 28.5. The lowest BCUT2D eigenvalue weighted by atomic mass is 9.83. The first-order valence-corrected chi connectivity index (χ1v) is 14.3. The maximum atomic E-state index is 13.3. The number of rotatable bonds is 12. The summed E-state index contributed by atoms with van der Waals surface area (Å²) >= 11 is 0. The number of nitrogens with zero attached hydrogens (tertiary/aromatic N) is 2. The van der Waals surface area contributed by atoms with E-state index >= 15 is 0 Å². The highest BCUT2D eigenvalue weighted by Crippen LogP contribution is 2.38. The highest BCUT2D eigenvalue weighted by atomic mass is 16.4. The Morgan fingerprint density at radius 2 is 1.72 bits per heavy atom. The summed E-state index contributed by atoms with van der Waals surface area (Å²) in [5.74, 6) is -0.589. The van der Waals surface area contributed by atoms with Gasteiger partial charge in [0.05, 0.1) is 23.6 Å². The van der Waals surface area contributed by atoms with E-state index in [1.54, 1.807) is 18.9 Å². The van der Waals surface area contributed by atoms with Crippen molar-refractivity contribution in [2.45, 2.75) is 84.1 Å². The van der Waals surface area contributed by atoms with Crippen LogP contribution in [0.2, 0.25) is 0 Å². The molecule has 208 valence electrons. The van der Waals surface area contributed by atoms with Crippen LogP contribution in [0.3, 0.4) is 0 Å². The number of benzene rings is 2. The van der Waals surface area contributed by atoms with Crippen LogP contribution in [0.25, 0.3) is 0 Å². The van der Waals surface area contributed by atoms with Crippen LogP contribution < -0.4 is 5.32 Å². The second-order valence-electron chi connectivity index (χ2n) is 11.6. The van der Waals surface area contributed by atoms with E-state index in [4.69, 9.17) is 0 Å². The number of aliphatic carboxylic acids is 1. The van der Waals surface area contributed by atoms with Gasteiger partial charge in [0.2, 0.25) is 11.8 Å². The van der Waals surface area contributed by atoms with Crippen molar-refractivity contribution in [3.8, 4) is 0 Å².